The maximum Gasteiger partial charge on any atom is 0.214 e. The summed E-state index contributed by atoms with van der Waals surface area (Å²) in [6.07, 6.45) is 0. The van der Waals surface area contributed by atoms with Crippen molar-refractivity contribution in [2.45, 2.75) is 26.3 Å². The fourth-order valence-corrected chi connectivity index (χ4v) is 2.18. The molecule has 1 saturated heterocycles. The number of nitrogens with zero attached hydrogens (tertiary/aromatic N) is 3. The molecule has 0 amide bonds. The summed E-state index contributed by atoms with van der Waals surface area (Å²) in [5, 5.41) is 0. The molecule has 94 valence electrons. The first-order valence-corrected chi connectivity index (χ1v) is 6.09. The Morgan fingerprint density at radius 1 is 1.12 bits per heavy atom. The Morgan fingerprint density at radius 3 is 2.29 bits per heavy atom. The van der Waals surface area contributed by atoms with Gasteiger partial charge in [0.05, 0.1) is 0 Å². The molecule has 1 fully saturated rings. The van der Waals surface area contributed by atoms with E-state index in [0.29, 0.717) is 0 Å². The zero-order valence-electron chi connectivity index (χ0n) is 10.8. The zero-order chi connectivity index (χ0) is 12.5. The van der Waals surface area contributed by atoms with Crippen LogP contribution in [0.25, 0.3) is 0 Å². The van der Waals surface area contributed by atoms with Crippen molar-refractivity contribution in [2.24, 2.45) is 0 Å². The van der Waals surface area contributed by atoms with Crippen LogP contribution in [0.1, 0.15) is 20.8 Å². The maximum absolute atomic E-state index is 13.0. The minimum atomic E-state index is -0.402. The number of hydrogen-bond acceptors (Lipinski definition) is 3. The van der Waals surface area contributed by atoms with Crippen molar-refractivity contribution in [3.05, 3.63) is 24.1 Å². The molecule has 1 aromatic heterocycles. The molecule has 3 nitrogen and oxygen atoms in total. The van der Waals surface area contributed by atoms with Gasteiger partial charge in [-0.15, -0.1) is 0 Å². The third-order valence-corrected chi connectivity index (χ3v) is 3.25. The number of anilines is 1. The van der Waals surface area contributed by atoms with Gasteiger partial charge in [-0.3, -0.25) is 4.90 Å². The predicted octanol–water partition coefficient (Wildman–Crippen LogP) is 2.14. The summed E-state index contributed by atoms with van der Waals surface area (Å²) in [5.41, 5.74) is 0.210. The molecule has 0 aliphatic carbocycles. The topological polar surface area (TPSA) is 19.4 Å². The predicted molar refractivity (Wildman–Crippen MR) is 67.7 cm³/mol. The molecule has 1 aliphatic rings. The normalized spacial score (nSPS) is 18.5. The average molecular weight is 237 g/mol. The van der Waals surface area contributed by atoms with Crippen LogP contribution in [0.5, 0.6) is 0 Å². The van der Waals surface area contributed by atoms with E-state index in [0.717, 1.165) is 32.0 Å². The van der Waals surface area contributed by atoms with Crippen molar-refractivity contribution in [3.63, 3.8) is 0 Å². The second kappa shape index (κ2) is 4.61. The van der Waals surface area contributed by atoms with E-state index in [1.54, 1.807) is 6.07 Å². The van der Waals surface area contributed by atoms with Crippen LogP contribution in [0.3, 0.4) is 0 Å². The molecule has 17 heavy (non-hydrogen) atoms. The molecular formula is C13H20FN3. The van der Waals surface area contributed by atoms with E-state index >= 15 is 0 Å². The summed E-state index contributed by atoms with van der Waals surface area (Å²) in [5.74, 6) is 0.347. The monoisotopic (exact) mass is 237 g/mol. The van der Waals surface area contributed by atoms with Gasteiger partial charge in [-0.1, -0.05) is 6.07 Å². The van der Waals surface area contributed by atoms with Gasteiger partial charge in [0.1, 0.15) is 5.82 Å². The fraction of sp³-hybridized carbons (Fsp3) is 0.615. The van der Waals surface area contributed by atoms with Crippen molar-refractivity contribution in [3.8, 4) is 0 Å². The van der Waals surface area contributed by atoms with Crippen LogP contribution in [0.4, 0.5) is 10.2 Å². The third-order valence-electron chi connectivity index (χ3n) is 3.25. The van der Waals surface area contributed by atoms with Gasteiger partial charge in [0.2, 0.25) is 5.95 Å². The fourth-order valence-electron chi connectivity index (χ4n) is 2.18. The highest BCUT2D eigenvalue weighted by molar-refractivity contribution is 5.38. The summed E-state index contributed by atoms with van der Waals surface area (Å²) in [6.45, 7) is 10.5. The number of halogens is 1. The van der Waals surface area contributed by atoms with Gasteiger partial charge in [0, 0.05) is 31.7 Å². The smallest absolute Gasteiger partial charge is 0.214 e. The Labute approximate surface area is 102 Å². The molecule has 2 heterocycles. The number of aromatic nitrogens is 1. The highest BCUT2D eigenvalue weighted by Crippen LogP contribution is 2.19. The quantitative estimate of drug-likeness (QED) is 0.698. The summed E-state index contributed by atoms with van der Waals surface area (Å²) < 4.78 is 13.0. The molecule has 0 bridgehead atoms. The standard InChI is InChI=1S/C13H20FN3/c1-13(2,3)17-9-7-16(8-10-17)12-6-4-5-11(14)15-12/h4-6H,7-10H2,1-3H3. The van der Waals surface area contributed by atoms with Gasteiger partial charge in [0.15, 0.2) is 0 Å². The number of piperazine rings is 1. The van der Waals surface area contributed by atoms with Gasteiger partial charge in [0.25, 0.3) is 0 Å². The van der Waals surface area contributed by atoms with Crippen molar-refractivity contribution in [1.82, 2.24) is 9.88 Å². The van der Waals surface area contributed by atoms with Crippen LogP contribution in [-0.4, -0.2) is 41.6 Å². The largest absolute Gasteiger partial charge is 0.354 e. The summed E-state index contributed by atoms with van der Waals surface area (Å²) in [7, 11) is 0. The van der Waals surface area contributed by atoms with E-state index in [-0.39, 0.29) is 5.54 Å². The lowest BCUT2D eigenvalue weighted by Crippen LogP contribution is -2.53. The molecule has 4 heteroatoms. The number of hydrogen-bond donors (Lipinski definition) is 0. The SMILES string of the molecule is CC(C)(C)N1CCN(c2cccc(F)n2)CC1. The van der Waals surface area contributed by atoms with Gasteiger partial charge in [-0.05, 0) is 32.9 Å². The Kier molecular flexibility index (Phi) is 3.33. The van der Waals surface area contributed by atoms with Gasteiger partial charge in [-0.2, -0.15) is 4.39 Å². The van der Waals surface area contributed by atoms with E-state index in [2.05, 4.69) is 35.6 Å². The zero-order valence-corrected chi connectivity index (χ0v) is 10.8. The molecule has 0 aromatic carbocycles. The Bertz CT molecular complexity index is 378. The van der Waals surface area contributed by atoms with Crippen LogP contribution in [0, 0.1) is 5.95 Å². The minimum Gasteiger partial charge on any atom is -0.354 e. The lowest BCUT2D eigenvalue weighted by molar-refractivity contribution is 0.128. The minimum absolute atomic E-state index is 0.210. The number of pyridine rings is 1. The van der Waals surface area contributed by atoms with Crippen LogP contribution in [0.2, 0.25) is 0 Å². The second-order valence-electron chi connectivity index (χ2n) is 5.46. The van der Waals surface area contributed by atoms with Crippen molar-refractivity contribution >= 4 is 5.82 Å². The molecule has 0 unspecified atom stereocenters. The van der Waals surface area contributed by atoms with Gasteiger partial charge >= 0.3 is 0 Å². The third kappa shape index (κ3) is 2.94. The molecule has 0 spiro atoms. The molecule has 0 atom stereocenters. The molecule has 1 aromatic rings. The molecule has 1 aliphatic heterocycles. The lowest BCUT2D eigenvalue weighted by atomic mass is 10.1. The highest BCUT2D eigenvalue weighted by atomic mass is 19.1. The van der Waals surface area contributed by atoms with Gasteiger partial charge in [-0.25, -0.2) is 4.98 Å². The summed E-state index contributed by atoms with van der Waals surface area (Å²) in [6, 6.07) is 4.97. The van der Waals surface area contributed by atoms with Crippen LogP contribution in [-0.2, 0) is 0 Å². The lowest BCUT2D eigenvalue weighted by Gasteiger charge is -2.42. The van der Waals surface area contributed by atoms with Crippen LogP contribution >= 0.6 is 0 Å². The van der Waals surface area contributed by atoms with Crippen molar-refractivity contribution in [1.29, 1.82) is 0 Å². The maximum atomic E-state index is 13.0. The van der Waals surface area contributed by atoms with Crippen molar-refractivity contribution < 1.29 is 4.39 Å². The van der Waals surface area contributed by atoms with Gasteiger partial charge < -0.3 is 4.90 Å². The Morgan fingerprint density at radius 2 is 1.76 bits per heavy atom. The van der Waals surface area contributed by atoms with Crippen LogP contribution in [0.15, 0.2) is 18.2 Å². The second-order valence-corrected chi connectivity index (χ2v) is 5.46. The van der Waals surface area contributed by atoms with E-state index in [1.807, 2.05) is 6.07 Å². The summed E-state index contributed by atoms with van der Waals surface area (Å²) in [4.78, 5) is 8.52. The Hall–Kier alpha value is -1.16. The molecular weight excluding hydrogens is 217 g/mol. The van der Waals surface area contributed by atoms with Crippen molar-refractivity contribution in [2.75, 3.05) is 31.1 Å². The molecule has 0 radical (unpaired) electrons. The summed E-state index contributed by atoms with van der Waals surface area (Å²) >= 11 is 0. The molecule has 0 N–H and O–H groups in total. The number of rotatable bonds is 1. The highest BCUT2D eigenvalue weighted by Gasteiger charge is 2.26. The van der Waals surface area contributed by atoms with E-state index in [1.165, 1.54) is 6.07 Å². The van der Waals surface area contributed by atoms with Crippen LogP contribution < -0.4 is 4.90 Å². The van der Waals surface area contributed by atoms with E-state index in [9.17, 15) is 4.39 Å². The average Bonchev–Trinajstić information content (AvgIpc) is 2.28. The molecule has 0 saturated carbocycles. The first-order valence-electron chi connectivity index (χ1n) is 6.09. The van der Waals surface area contributed by atoms with E-state index < -0.39 is 5.95 Å². The molecule has 2 rings (SSSR count). The first-order chi connectivity index (χ1) is 7.97. The Balaban J connectivity index is 2.00. The van der Waals surface area contributed by atoms with E-state index in [4.69, 9.17) is 0 Å². The first kappa shape index (κ1) is 12.3.